The standard InChI is InChI=1S/C6H4IN3/c7-6-9-8-5-3-1-2-4-10(5)6/h1-4H. The van der Waals surface area contributed by atoms with E-state index in [0.717, 1.165) is 9.48 Å². The van der Waals surface area contributed by atoms with Gasteiger partial charge >= 0.3 is 0 Å². The second kappa shape index (κ2) is 2.19. The Morgan fingerprint density at radius 3 is 3.00 bits per heavy atom. The van der Waals surface area contributed by atoms with Gasteiger partial charge in [-0.2, -0.15) is 0 Å². The molecule has 2 heterocycles. The Labute approximate surface area is 71.2 Å². The van der Waals surface area contributed by atoms with Crippen molar-refractivity contribution in [2.75, 3.05) is 0 Å². The van der Waals surface area contributed by atoms with Crippen LogP contribution in [0.15, 0.2) is 24.4 Å². The highest BCUT2D eigenvalue weighted by Gasteiger charge is 1.96. The van der Waals surface area contributed by atoms with Gasteiger partial charge in [0.2, 0.25) is 0 Å². The Kier molecular flexibility index (Phi) is 1.33. The van der Waals surface area contributed by atoms with E-state index in [4.69, 9.17) is 0 Å². The van der Waals surface area contributed by atoms with E-state index < -0.39 is 0 Å². The third-order valence-electron chi connectivity index (χ3n) is 1.27. The summed E-state index contributed by atoms with van der Waals surface area (Å²) in [5.41, 5.74) is 0.895. The quantitative estimate of drug-likeness (QED) is 0.655. The Balaban J connectivity index is 2.93. The molecule has 2 aromatic rings. The lowest BCUT2D eigenvalue weighted by molar-refractivity contribution is 1.05. The minimum absolute atomic E-state index is 0.895. The Bertz CT molecular complexity index is 355. The van der Waals surface area contributed by atoms with Crippen molar-refractivity contribution in [1.82, 2.24) is 14.6 Å². The molecule has 0 aliphatic carbocycles. The van der Waals surface area contributed by atoms with Crippen LogP contribution in [0.3, 0.4) is 0 Å². The molecule has 0 aliphatic heterocycles. The van der Waals surface area contributed by atoms with Gasteiger partial charge in [0.25, 0.3) is 0 Å². The lowest BCUT2D eigenvalue weighted by Gasteiger charge is -1.88. The first-order valence-corrected chi connectivity index (χ1v) is 3.91. The van der Waals surface area contributed by atoms with E-state index in [9.17, 15) is 0 Å². The van der Waals surface area contributed by atoms with Crippen LogP contribution in [0.1, 0.15) is 0 Å². The number of aromatic nitrogens is 3. The van der Waals surface area contributed by atoms with Crippen LogP contribution in [0.2, 0.25) is 0 Å². The molecule has 0 radical (unpaired) electrons. The number of nitrogens with zero attached hydrogens (tertiary/aromatic N) is 3. The molecule has 0 saturated carbocycles. The third-order valence-corrected chi connectivity index (χ3v) is 2.01. The van der Waals surface area contributed by atoms with Crippen LogP contribution in [0.5, 0.6) is 0 Å². The van der Waals surface area contributed by atoms with Crippen LogP contribution in [0.4, 0.5) is 0 Å². The predicted octanol–water partition coefficient (Wildman–Crippen LogP) is 1.33. The maximum atomic E-state index is 3.92. The molecule has 50 valence electrons. The highest BCUT2D eigenvalue weighted by Crippen LogP contribution is 2.03. The van der Waals surface area contributed by atoms with Gasteiger partial charge in [-0.05, 0) is 12.1 Å². The van der Waals surface area contributed by atoms with Gasteiger partial charge in [-0.15, -0.1) is 10.2 Å². The van der Waals surface area contributed by atoms with Gasteiger partial charge in [-0.25, -0.2) is 0 Å². The second-order valence-corrected chi connectivity index (χ2v) is 2.86. The fourth-order valence-electron chi connectivity index (χ4n) is 0.812. The number of hydrogen-bond acceptors (Lipinski definition) is 2. The van der Waals surface area contributed by atoms with Gasteiger partial charge in [0.05, 0.1) is 0 Å². The average Bonchev–Trinajstić information content (AvgIpc) is 2.34. The highest BCUT2D eigenvalue weighted by molar-refractivity contribution is 14.1. The molecule has 0 amide bonds. The van der Waals surface area contributed by atoms with E-state index in [0.29, 0.717) is 0 Å². The summed E-state index contributed by atoms with van der Waals surface area (Å²) in [5.74, 6) is 0. The lowest BCUT2D eigenvalue weighted by Crippen LogP contribution is -1.83. The van der Waals surface area contributed by atoms with Crippen molar-refractivity contribution < 1.29 is 0 Å². The maximum absolute atomic E-state index is 3.92. The van der Waals surface area contributed by atoms with Gasteiger partial charge < -0.3 is 0 Å². The molecule has 0 aromatic carbocycles. The molecule has 4 heteroatoms. The summed E-state index contributed by atoms with van der Waals surface area (Å²) in [4.78, 5) is 0. The number of rotatable bonds is 0. The topological polar surface area (TPSA) is 30.2 Å². The minimum Gasteiger partial charge on any atom is -0.278 e. The smallest absolute Gasteiger partial charge is 0.198 e. The summed E-state index contributed by atoms with van der Waals surface area (Å²) in [6.07, 6.45) is 1.94. The van der Waals surface area contributed by atoms with Gasteiger partial charge in [0.1, 0.15) is 0 Å². The van der Waals surface area contributed by atoms with Crippen molar-refractivity contribution in [3.8, 4) is 0 Å². The molecule has 0 fully saturated rings. The van der Waals surface area contributed by atoms with Crippen LogP contribution in [0.25, 0.3) is 5.65 Å². The Hall–Kier alpha value is -0.650. The van der Waals surface area contributed by atoms with Crippen molar-refractivity contribution in [2.24, 2.45) is 0 Å². The molecular weight excluding hydrogens is 241 g/mol. The second-order valence-electron chi connectivity index (χ2n) is 1.90. The Morgan fingerprint density at radius 1 is 1.30 bits per heavy atom. The van der Waals surface area contributed by atoms with Crippen molar-refractivity contribution in [3.63, 3.8) is 0 Å². The van der Waals surface area contributed by atoms with Crippen molar-refractivity contribution in [2.45, 2.75) is 0 Å². The van der Waals surface area contributed by atoms with Crippen LogP contribution in [-0.2, 0) is 0 Å². The summed E-state index contributed by atoms with van der Waals surface area (Å²) < 4.78 is 2.83. The zero-order valence-corrected chi connectivity index (χ0v) is 7.19. The van der Waals surface area contributed by atoms with Crippen molar-refractivity contribution in [1.29, 1.82) is 0 Å². The largest absolute Gasteiger partial charge is 0.278 e. The molecule has 0 unspecified atom stereocenters. The first kappa shape index (κ1) is 6.09. The number of halogens is 1. The van der Waals surface area contributed by atoms with Gasteiger partial charge in [-0.1, -0.05) is 6.07 Å². The van der Waals surface area contributed by atoms with Gasteiger partial charge in [0, 0.05) is 28.8 Å². The minimum atomic E-state index is 0.895. The monoisotopic (exact) mass is 245 g/mol. The molecule has 2 rings (SSSR count). The normalized spacial score (nSPS) is 10.5. The zero-order chi connectivity index (χ0) is 6.97. The molecule has 0 atom stereocenters. The molecule has 0 bridgehead atoms. The first-order valence-electron chi connectivity index (χ1n) is 2.83. The van der Waals surface area contributed by atoms with Crippen molar-refractivity contribution >= 4 is 28.2 Å². The maximum Gasteiger partial charge on any atom is 0.198 e. The average molecular weight is 245 g/mol. The summed E-state index contributed by atoms with van der Waals surface area (Å²) >= 11 is 2.14. The molecule has 0 N–H and O–H groups in total. The van der Waals surface area contributed by atoms with E-state index in [1.807, 2.05) is 28.8 Å². The molecule has 0 aliphatic rings. The zero-order valence-electron chi connectivity index (χ0n) is 5.03. The molecular formula is C6H4IN3. The summed E-state index contributed by atoms with van der Waals surface area (Å²) in [7, 11) is 0. The fourth-order valence-corrected chi connectivity index (χ4v) is 1.33. The molecule has 2 aromatic heterocycles. The third kappa shape index (κ3) is 0.792. The van der Waals surface area contributed by atoms with E-state index in [1.54, 1.807) is 0 Å². The molecule has 0 spiro atoms. The molecule has 10 heavy (non-hydrogen) atoms. The Morgan fingerprint density at radius 2 is 2.20 bits per heavy atom. The first-order chi connectivity index (χ1) is 4.88. The number of pyridine rings is 1. The fraction of sp³-hybridized carbons (Fsp3) is 0. The van der Waals surface area contributed by atoms with E-state index in [-0.39, 0.29) is 0 Å². The number of hydrogen-bond donors (Lipinski definition) is 0. The van der Waals surface area contributed by atoms with Crippen LogP contribution in [0, 0.1) is 3.83 Å². The summed E-state index contributed by atoms with van der Waals surface area (Å²) in [6, 6.07) is 5.83. The van der Waals surface area contributed by atoms with Gasteiger partial charge in [-0.3, -0.25) is 4.40 Å². The number of fused-ring (bicyclic) bond motifs is 1. The van der Waals surface area contributed by atoms with Gasteiger partial charge in [0.15, 0.2) is 9.48 Å². The lowest BCUT2D eigenvalue weighted by atomic mass is 10.5. The molecule has 0 saturated heterocycles. The van der Waals surface area contributed by atoms with Crippen LogP contribution in [-0.4, -0.2) is 14.6 Å². The van der Waals surface area contributed by atoms with Crippen LogP contribution < -0.4 is 0 Å². The predicted molar refractivity (Wildman–Crippen MR) is 45.7 cm³/mol. The van der Waals surface area contributed by atoms with E-state index >= 15 is 0 Å². The summed E-state index contributed by atoms with van der Waals surface area (Å²) in [6.45, 7) is 0. The summed E-state index contributed by atoms with van der Waals surface area (Å²) in [5, 5.41) is 7.82. The van der Waals surface area contributed by atoms with Crippen LogP contribution >= 0.6 is 22.6 Å². The van der Waals surface area contributed by atoms with E-state index in [1.165, 1.54) is 0 Å². The highest BCUT2D eigenvalue weighted by atomic mass is 127. The van der Waals surface area contributed by atoms with Crippen molar-refractivity contribution in [3.05, 3.63) is 28.2 Å². The SMILES string of the molecule is Ic1nnc2ccccn12. The van der Waals surface area contributed by atoms with E-state index in [2.05, 4.69) is 32.8 Å². The molecule has 3 nitrogen and oxygen atoms in total.